The van der Waals surface area contributed by atoms with Gasteiger partial charge in [0.1, 0.15) is 24.4 Å². The van der Waals surface area contributed by atoms with E-state index in [-0.39, 0.29) is 11.6 Å². The minimum atomic E-state index is -0.292. The van der Waals surface area contributed by atoms with Gasteiger partial charge in [-0.1, -0.05) is 42.5 Å². The highest BCUT2D eigenvalue weighted by molar-refractivity contribution is 5.92. The zero-order valence-corrected chi connectivity index (χ0v) is 14.4. The fourth-order valence-corrected chi connectivity index (χ4v) is 2.33. The molecule has 0 saturated carbocycles. The second-order valence-corrected chi connectivity index (χ2v) is 5.55. The van der Waals surface area contributed by atoms with Crippen LogP contribution in [-0.4, -0.2) is 23.0 Å². The first kappa shape index (κ1) is 17.4. The fourth-order valence-electron chi connectivity index (χ4n) is 2.33. The Morgan fingerprint density at radius 2 is 1.81 bits per heavy atom. The van der Waals surface area contributed by atoms with Crippen LogP contribution in [0.2, 0.25) is 0 Å². The molecule has 0 aliphatic carbocycles. The van der Waals surface area contributed by atoms with E-state index in [2.05, 4.69) is 15.3 Å². The van der Waals surface area contributed by atoms with Gasteiger partial charge in [0.15, 0.2) is 0 Å². The van der Waals surface area contributed by atoms with Crippen molar-refractivity contribution in [3.05, 3.63) is 83.8 Å². The van der Waals surface area contributed by atoms with Gasteiger partial charge in [0.05, 0.1) is 7.11 Å². The molecule has 6 heteroatoms. The summed E-state index contributed by atoms with van der Waals surface area (Å²) in [4.78, 5) is 20.4. The largest absolute Gasteiger partial charge is 0.497 e. The maximum absolute atomic E-state index is 12.3. The van der Waals surface area contributed by atoms with Crippen LogP contribution in [0.25, 0.3) is 0 Å². The summed E-state index contributed by atoms with van der Waals surface area (Å²) in [6.45, 7) is 0.753. The number of aromatic nitrogens is 2. The van der Waals surface area contributed by atoms with Crippen molar-refractivity contribution >= 4 is 5.91 Å². The van der Waals surface area contributed by atoms with E-state index in [9.17, 15) is 4.79 Å². The van der Waals surface area contributed by atoms with E-state index in [0.717, 1.165) is 16.9 Å². The van der Waals surface area contributed by atoms with Crippen LogP contribution in [0.4, 0.5) is 0 Å². The average Bonchev–Trinajstić information content (AvgIpc) is 2.71. The lowest BCUT2D eigenvalue weighted by Gasteiger charge is -2.08. The molecule has 6 nitrogen and oxygen atoms in total. The molecule has 0 fully saturated rings. The highest BCUT2D eigenvalue weighted by atomic mass is 16.5. The number of benzene rings is 2. The van der Waals surface area contributed by atoms with E-state index in [1.54, 1.807) is 7.11 Å². The topological polar surface area (TPSA) is 73.3 Å². The maximum atomic E-state index is 12.3. The molecule has 1 aromatic heterocycles. The summed E-state index contributed by atoms with van der Waals surface area (Å²) in [5, 5.41) is 2.83. The molecule has 0 spiro atoms. The Morgan fingerprint density at radius 1 is 1.00 bits per heavy atom. The van der Waals surface area contributed by atoms with Crippen LogP contribution in [-0.2, 0) is 13.2 Å². The minimum Gasteiger partial charge on any atom is -0.497 e. The van der Waals surface area contributed by atoms with Crippen molar-refractivity contribution in [1.82, 2.24) is 15.3 Å². The van der Waals surface area contributed by atoms with Crippen LogP contribution >= 0.6 is 0 Å². The predicted octanol–water partition coefficient (Wildman–Crippen LogP) is 2.99. The first-order valence-corrected chi connectivity index (χ1v) is 8.14. The van der Waals surface area contributed by atoms with Crippen molar-refractivity contribution in [3.63, 3.8) is 0 Å². The number of carbonyl (C=O) groups is 1. The molecule has 1 N–H and O–H groups in total. The molecule has 1 amide bonds. The molecular formula is C20H19N3O3. The minimum absolute atomic E-state index is 0.256. The van der Waals surface area contributed by atoms with Crippen molar-refractivity contribution in [2.75, 3.05) is 7.11 Å². The number of hydrogen-bond donors (Lipinski definition) is 1. The Bertz CT molecular complexity index is 869. The lowest BCUT2D eigenvalue weighted by molar-refractivity contribution is 0.0945. The zero-order valence-electron chi connectivity index (χ0n) is 14.4. The molecule has 0 aliphatic heterocycles. The van der Waals surface area contributed by atoms with E-state index >= 15 is 0 Å². The third kappa shape index (κ3) is 4.80. The van der Waals surface area contributed by atoms with Crippen LogP contribution in [0.5, 0.6) is 11.6 Å². The van der Waals surface area contributed by atoms with Crippen molar-refractivity contribution in [3.8, 4) is 11.6 Å². The van der Waals surface area contributed by atoms with Gasteiger partial charge in [0.2, 0.25) is 5.88 Å². The number of methoxy groups -OCH3 is 1. The summed E-state index contributed by atoms with van der Waals surface area (Å²) < 4.78 is 10.8. The van der Waals surface area contributed by atoms with Crippen LogP contribution in [0.15, 0.2) is 67.0 Å². The van der Waals surface area contributed by atoms with E-state index < -0.39 is 0 Å². The predicted molar refractivity (Wildman–Crippen MR) is 97.0 cm³/mol. The van der Waals surface area contributed by atoms with E-state index in [4.69, 9.17) is 9.47 Å². The van der Waals surface area contributed by atoms with E-state index in [1.807, 2.05) is 54.6 Å². The Labute approximate surface area is 151 Å². The van der Waals surface area contributed by atoms with Gasteiger partial charge in [-0.3, -0.25) is 4.79 Å². The monoisotopic (exact) mass is 349 g/mol. The molecule has 132 valence electrons. The van der Waals surface area contributed by atoms with Crippen LogP contribution < -0.4 is 14.8 Å². The van der Waals surface area contributed by atoms with Crippen LogP contribution in [0.3, 0.4) is 0 Å². The van der Waals surface area contributed by atoms with Crippen molar-refractivity contribution < 1.29 is 14.3 Å². The summed E-state index contributed by atoms with van der Waals surface area (Å²) in [5.41, 5.74) is 2.22. The van der Waals surface area contributed by atoms with Gasteiger partial charge in [-0.05, 0) is 23.3 Å². The SMILES string of the molecule is COc1cccc(CNC(=O)c2cc(OCc3ccccc3)ncn2)c1. The van der Waals surface area contributed by atoms with Gasteiger partial charge in [0.25, 0.3) is 5.91 Å². The Kier molecular flexibility index (Phi) is 5.77. The molecule has 1 heterocycles. The molecule has 26 heavy (non-hydrogen) atoms. The second-order valence-electron chi connectivity index (χ2n) is 5.55. The molecule has 2 aromatic carbocycles. The lowest BCUT2D eigenvalue weighted by atomic mass is 10.2. The molecule has 0 saturated heterocycles. The molecule has 3 rings (SSSR count). The van der Waals surface area contributed by atoms with Crippen LogP contribution in [0, 0.1) is 0 Å². The molecule has 0 radical (unpaired) electrons. The number of nitrogens with zero attached hydrogens (tertiary/aromatic N) is 2. The normalized spacial score (nSPS) is 10.2. The van der Waals surface area contributed by atoms with Crippen molar-refractivity contribution in [2.45, 2.75) is 13.2 Å². The Morgan fingerprint density at radius 3 is 2.62 bits per heavy atom. The van der Waals surface area contributed by atoms with Gasteiger partial charge in [-0.2, -0.15) is 0 Å². The van der Waals surface area contributed by atoms with E-state index in [0.29, 0.717) is 19.0 Å². The van der Waals surface area contributed by atoms with E-state index in [1.165, 1.54) is 12.4 Å². The third-order valence-corrected chi connectivity index (χ3v) is 3.69. The standard InChI is InChI=1S/C20H19N3O3/c1-25-17-9-5-8-16(10-17)12-21-20(24)18-11-19(23-14-22-18)26-13-15-6-3-2-4-7-15/h2-11,14H,12-13H2,1H3,(H,21,24). The summed E-state index contributed by atoms with van der Waals surface area (Å²) in [6, 6.07) is 18.8. The van der Waals surface area contributed by atoms with Gasteiger partial charge in [-0.15, -0.1) is 0 Å². The second kappa shape index (κ2) is 8.62. The number of nitrogens with one attached hydrogen (secondary N) is 1. The summed E-state index contributed by atoms with van der Waals surface area (Å²) in [5.74, 6) is 0.811. The highest BCUT2D eigenvalue weighted by Gasteiger charge is 2.09. The number of carbonyl (C=O) groups excluding carboxylic acids is 1. The summed E-state index contributed by atoms with van der Waals surface area (Å²) >= 11 is 0. The van der Waals surface area contributed by atoms with Crippen molar-refractivity contribution in [1.29, 1.82) is 0 Å². The fraction of sp³-hybridized carbons (Fsp3) is 0.150. The first-order chi connectivity index (χ1) is 12.7. The number of amides is 1. The van der Waals surface area contributed by atoms with Gasteiger partial charge in [0, 0.05) is 12.6 Å². The quantitative estimate of drug-likeness (QED) is 0.710. The summed E-state index contributed by atoms with van der Waals surface area (Å²) in [6.07, 6.45) is 1.32. The first-order valence-electron chi connectivity index (χ1n) is 8.14. The molecule has 0 unspecified atom stereocenters. The third-order valence-electron chi connectivity index (χ3n) is 3.69. The number of ether oxygens (including phenoxy) is 2. The number of hydrogen-bond acceptors (Lipinski definition) is 5. The molecule has 0 bridgehead atoms. The molecule has 3 aromatic rings. The average molecular weight is 349 g/mol. The lowest BCUT2D eigenvalue weighted by Crippen LogP contribution is -2.24. The van der Waals surface area contributed by atoms with Crippen molar-refractivity contribution in [2.24, 2.45) is 0 Å². The number of rotatable bonds is 7. The van der Waals surface area contributed by atoms with Gasteiger partial charge in [-0.25, -0.2) is 9.97 Å². The Hall–Kier alpha value is -3.41. The maximum Gasteiger partial charge on any atom is 0.270 e. The molecule has 0 aliphatic rings. The smallest absolute Gasteiger partial charge is 0.270 e. The highest BCUT2D eigenvalue weighted by Crippen LogP contribution is 2.13. The Balaban J connectivity index is 1.59. The van der Waals surface area contributed by atoms with Crippen LogP contribution in [0.1, 0.15) is 21.6 Å². The molecular weight excluding hydrogens is 330 g/mol. The van der Waals surface area contributed by atoms with Gasteiger partial charge >= 0.3 is 0 Å². The van der Waals surface area contributed by atoms with Gasteiger partial charge < -0.3 is 14.8 Å². The zero-order chi connectivity index (χ0) is 18.2. The summed E-state index contributed by atoms with van der Waals surface area (Å²) in [7, 11) is 1.61. The molecule has 0 atom stereocenters.